The Balaban J connectivity index is 1.58. The molecule has 2 aromatic carbocycles. The summed E-state index contributed by atoms with van der Waals surface area (Å²) in [4.78, 5) is 43.2. The fraction of sp³-hybridized carbons (Fsp3) is 0.444. The van der Waals surface area contributed by atoms with E-state index in [0.717, 1.165) is 12.0 Å². The number of nitrogens with zero attached hydrogens (tertiary/aromatic N) is 2. The first kappa shape index (κ1) is 24.9. The summed E-state index contributed by atoms with van der Waals surface area (Å²) in [6, 6.07) is 12.0. The van der Waals surface area contributed by atoms with E-state index in [2.05, 4.69) is 5.32 Å². The standard InChI is InChI=1S/C27H32FN3O4/c1-4-19(3)29-24(32)23-17-35-27(31(23)26(34)22-8-6-5-7-18(22)2)13-15-30(16-14-27)25(33)20-9-11-21(28)12-10-20/h5-12,19,23H,4,13-17H2,1-3H3,(H,29,32). The summed E-state index contributed by atoms with van der Waals surface area (Å²) in [7, 11) is 0. The first-order valence-corrected chi connectivity index (χ1v) is 12.1. The SMILES string of the molecule is CCC(C)NC(=O)C1COC2(CCN(C(=O)c3ccc(F)cc3)CC2)N1C(=O)c1ccccc1C. The zero-order valence-corrected chi connectivity index (χ0v) is 20.4. The highest BCUT2D eigenvalue weighted by molar-refractivity contribution is 5.99. The van der Waals surface area contributed by atoms with Crippen molar-refractivity contribution in [3.8, 4) is 0 Å². The number of amides is 3. The molecule has 4 rings (SSSR count). The lowest BCUT2D eigenvalue weighted by molar-refractivity contribution is -0.128. The molecule has 2 saturated heterocycles. The van der Waals surface area contributed by atoms with E-state index in [0.29, 0.717) is 37.1 Å². The van der Waals surface area contributed by atoms with Gasteiger partial charge in [-0.15, -0.1) is 0 Å². The average Bonchev–Trinajstić information content (AvgIpc) is 3.23. The Morgan fingerprint density at radius 3 is 2.37 bits per heavy atom. The van der Waals surface area contributed by atoms with Crippen molar-refractivity contribution >= 4 is 17.7 Å². The van der Waals surface area contributed by atoms with E-state index >= 15 is 0 Å². The maximum Gasteiger partial charge on any atom is 0.257 e. The fourth-order valence-corrected chi connectivity index (χ4v) is 4.78. The van der Waals surface area contributed by atoms with Gasteiger partial charge in [-0.1, -0.05) is 25.1 Å². The van der Waals surface area contributed by atoms with E-state index in [1.165, 1.54) is 24.3 Å². The molecular formula is C27H32FN3O4. The van der Waals surface area contributed by atoms with Gasteiger partial charge in [-0.3, -0.25) is 19.3 Å². The normalized spacial score (nSPS) is 20.1. The molecule has 2 unspecified atom stereocenters. The molecule has 1 spiro atoms. The second-order valence-electron chi connectivity index (χ2n) is 9.38. The lowest BCUT2D eigenvalue weighted by atomic mass is 9.95. The van der Waals surface area contributed by atoms with Gasteiger partial charge in [0.2, 0.25) is 5.91 Å². The van der Waals surface area contributed by atoms with Gasteiger partial charge >= 0.3 is 0 Å². The summed E-state index contributed by atoms with van der Waals surface area (Å²) in [5, 5.41) is 2.99. The third kappa shape index (κ3) is 4.93. The number of aryl methyl sites for hydroxylation is 1. The van der Waals surface area contributed by atoms with Gasteiger partial charge in [0.25, 0.3) is 11.8 Å². The van der Waals surface area contributed by atoms with Gasteiger partial charge in [-0.05, 0) is 56.2 Å². The van der Waals surface area contributed by atoms with Crippen molar-refractivity contribution in [1.82, 2.24) is 15.1 Å². The molecule has 2 aliphatic heterocycles. The van der Waals surface area contributed by atoms with Gasteiger partial charge in [-0.2, -0.15) is 0 Å². The summed E-state index contributed by atoms with van der Waals surface area (Å²) >= 11 is 0. The highest BCUT2D eigenvalue weighted by atomic mass is 19.1. The number of carbonyl (C=O) groups is 3. The number of hydrogen-bond acceptors (Lipinski definition) is 4. The van der Waals surface area contributed by atoms with Crippen LogP contribution in [0.25, 0.3) is 0 Å². The van der Waals surface area contributed by atoms with Crippen molar-refractivity contribution in [3.63, 3.8) is 0 Å². The maximum absolute atomic E-state index is 13.8. The summed E-state index contributed by atoms with van der Waals surface area (Å²) in [5.41, 5.74) is 0.789. The van der Waals surface area contributed by atoms with Crippen LogP contribution in [0.4, 0.5) is 4.39 Å². The molecule has 2 aliphatic rings. The lowest BCUT2D eigenvalue weighted by Crippen LogP contribution is -2.60. The summed E-state index contributed by atoms with van der Waals surface area (Å²) in [6.45, 7) is 6.60. The Morgan fingerprint density at radius 2 is 1.74 bits per heavy atom. The van der Waals surface area contributed by atoms with Crippen LogP contribution in [0, 0.1) is 12.7 Å². The Kier molecular flexibility index (Phi) is 7.21. The van der Waals surface area contributed by atoms with Gasteiger partial charge in [0.15, 0.2) is 0 Å². The lowest BCUT2D eigenvalue weighted by Gasteiger charge is -2.44. The van der Waals surface area contributed by atoms with E-state index in [-0.39, 0.29) is 30.4 Å². The van der Waals surface area contributed by atoms with E-state index in [4.69, 9.17) is 4.74 Å². The Bertz CT molecular complexity index is 1100. The number of halogens is 1. The molecule has 0 aliphatic carbocycles. The summed E-state index contributed by atoms with van der Waals surface area (Å²) in [5.74, 6) is -1.07. The monoisotopic (exact) mass is 481 g/mol. The minimum atomic E-state index is -0.976. The van der Waals surface area contributed by atoms with Crippen LogP contribution in [-0.4, -0.2) is 65.0 Å². The predicted octanol–water partition coefficient (Wildman–Crippen LogP) is 3.52. The van der Waals surface area contributed by atoms with Gasteiger partial charge in [0, 0.05) is 43.1 Å². The van der Waals surface area contributed by atoms with Crippen LogP contribution in [0.3, 0.4) is 0 Å². The van der Waals surface area contributed by atoms with Gasteiger partial charge in [0.1, 0.15) is 17.6 Å². The number of nitrogens with one attached hydrogen (secondary N) is 1. The van der Waals surface area contributed by atoms with E-state index in [1.54, 1.807) is 15.9 Å². The van der Waals surface area contributed by atoms with Crippen LogP contribution in [0.15, 0.2) is 48.5 Å². The molecule has 2 atom stereocenters. The highest BCUT2D eigenvalue weighted by Crippen LogP contribution is 2.39. The molecule has 7 nitrogen and oxygen atoms in total. The molecule has 8 heteroatoms. The van der Waals surface area contributed by atoms with Crippen LogP contribution in [-0.2, 0) is 9.53 Å². The van der Waals surface area contributed by atoms with Gasteiger partial charge in [0.05, 0.1) is 6.61 Å². The largest absolute Gasteiger partial charge is 0.353 e. The number of rotatable bonds is 5. The number of benzene rings is 2. The van der Waals surface area contributed by atoms with Crippen LogP contribution in [0.1, 0.15) is 59.4 Å². The number of hydrogen-bond donors (Lipinski definition) is 1. The van der Waals surface area contributed by atoms with Crippen molar-refractivity contribution < 1.29 is 23.5 Å². The summed E-state index contributed by atoms with van der Waals surface area (Å²) < 4.78 is 19.5. The Hall–Kier alpha value is -3.26. The smallest absolute Gasteiger partial charge is 0.257 e. The molecule has 0 saturated carbocycles. The maximum atomic E-state index is 13.8. The molecule has 1 N–H and O–H groups in total. The molecule has 3 amide bonds. The number of ether oxygens (including phenoxy) is 1. The zero-order chi connectivity index (χ0) is 25.2. The number of piperidine rings is 1. The molecule has 2 fully saturated rings. The first-order chi connectivity index (χ1) is 16.8. The minimum Gasteiger partial charge on any atom is -0.353 e. The van der Waals surface area contributed by atoms with E-state index in [1.807, 2.05) is 39.0 Å². The third-order valence-corrected chi connectivity index (χ3v) is 7.08. The van der Waals surface area contributed by atoms with E-state index < -0.39 is 17.6 Å². The number of carbonyl (C=O) groups excluding carboxylic acids is 3. The highest BCUT2D eigenvalue weighted by Gasteiger charge is 2.54. The van der Waals surface area contributed by atoms with Crippen LogP contribution >= 0.6 is 0 Å². The molecule has 0 bridgehead atoms. The van der Waals surface area contributed by atoms with Crippen molar-refractivity contribution in [1.29, 1.82) is 0 Å². The van der Waals surface area contributed by atoms with Crippen LogP contribution < -0.4 is 5.32 Å². The molecule has 2 aromatic rings. The quantitative estimate of drug-likeness (QED) is 0.709. The van der Waals surface area contributed by atoms with Crippen LogP contribution in [0.5, 0.6) is 0 Å². The third-order valence-electron chi connectivity index (χ3n) is 7.08. The summed E-state index contributed by atoms with van der Waals surface area (Å²) in [6.07, 6.45) is 1.53. The second kappa shape index (κ2) is 10.2. The minimum absolute atomic E-state index is 0.0235. The molecule has 35 heavy (non-hydrogen) atoms. The van der Waals surface area contributed by atoms with Crippen molar-refractivity contribution in [3.05, 3.63) is 71.0 Å². The molecule has 0 radical (unpaired) electrons. The molecule has 0 aromatic heterocycles. The Labute approximate surface area is 205 Å². The Morgan fingerprint density at radius 1 is 1.09 bits per heavy atom. The molecular weight excluding hydrogens is 449 g/mol. The van der Waals surface area contributed by atoms with Crippen LogP contribution in [0.2, 0.25) is 0 Å². The van der Waals surface area contributed by atoms with E-state index in [9.17, 15) is 18.8 Å². The second-order valence-corrected chi connectivity index (χ2v) is 9.38. The fourth-order valence-electron chi connectivity index (χ4n) is 4.78. The predicted molar refractivity (Wildman–Crippen MR) is 129 cm³/mol. The van der Waals surface area contributed by atoms with Gasteiger partial charge in [-0.25, -0.2) is 4.39 Å². The molecule has 186 valence electrons. The topological polar surface area (TPSA) is 79.0 Å². The average molecular weight is 482 g/mol. The molecule has 2 heterocycles. The first-order valence-electron chi connectivity index (χ1n) is 12.1. The zero-order valence-electron chi connectivity index (χ0n) is 20.4. The number of likely N-dealkylation sites (tertiary alicyclic amines) is 1. The van der Waals surface area contributed by atoms with Crippen molar-refractivity contribution in [2.45, 2.75) is 57.8 Å². The van der Waals surface area contributed by atoms with Crippen molar-refractivity contribution in [2.75, 3.05) is 19.7 Å². The van der Waals surface area contributed by atoms with Gasteiger partial charge < -0.3 is 15.0 Å². The van der Waals surface area contributed by atoms with Crippen molar-refractivity contribution in [2.24, 2.45) is 0 Å².